The molecule has 28 heavy (non-hydrogen) atoms. The second kappa shape index (κ2) is 9.70. The van der Waals surface area contributed by atoms with Crippen LogP contribution in [0.25, 0.3) is 0 Å². The van der Waals surface area contributed by atoms with Crippen molar-refractivity contribution in [1.29, 1.82) is 0 Å². The van der Waals surface area contributed by atoms with E-state index in [1.807, 2.05) is 25.1 Å². The molecule has 0 saturated carbocycles. The highest BCUT2D eigenvalue weighted by molar-refractivity contribution is 6.31. The number of rotatable bonds is 5. The maximum Gasteiger partial charge on any atom is 0.239 e. The number of hydrogen-bond acceptors (Lipinski definition) is 3. The molecule has 0 aromatic heterocycles. The van der Waals surface area contributed by atoms with Gasteiger partial charge in [-0.25, -0.2) is 4.39 Å². The van der Waals surface area contributed by atoms with Crippen molar-refractivity contribution in [2.24, 2.45) is 5.73 Å². The first-order valence-corrected chi connectivity index (χ1v) is 9.48. The Morgan fingerprint density at radius 1 is 1.25 bits per heavy atom. The number of amides is 1. The molecule has 3 rings (SSSR count). The van der Waals surface area contributed by atoms with Gasteiger partial charge in [-0.05, 0) is 24.6 Å². The lowest BCUT2D eigenvalue weighted by Gasteiger charge is -2.28. The van der Waals surface area contributed by atoms with E-state index in [0.717, 1.165) is 6.54 Å². The first-order chi connectivity index (χ1) is 12.9. The van der Waals surface area contributed by atoms with Crippen LogP contribution >= 0.6 is 24.0 Å². The van der Waals surface area contributed by atoms with Gasteiger partial charge in [-0.3, -0.25) is 9.69 Å². The molecule has 7 heteroatoms. The smallest absolute Gasteiger partial charge is 0.239 e. The quantitative estimate of drug-likeness (QED) is 0.794. The minimum Gasteiger partial charge on any atom is -0.340 e. The highest BCUT2D eigenvalue weighted by Gasteiger charge is 2.36. The van der Waals surface area contributed by atoms with Gasteiger partial charge in [0.2, 0.25) is 5.91 Å². The average molecular weight is 426 g/mol. The fourth-order valence-corrected chi connectivity index (χ4v) is 3.93. The van der Waals surface area contributed by atoms with Crippen LogP contribution in [-0.2, 0) is 11.3 Å². The van der Waals surface area contributed by atoms with Gasteiger partial charge in [0.25, 0.3) is 0 Å². The molecule has 0 radical (unpaired) electrons. The molecule has 1 aliphatic rings. The standard InChI is InChI=1S/C21H25ClFN3O.ClH/c1-14(21(27)25(2)11-17-18(22)9-6-10-19(17)23)26-12-16(20(24)13-26)15-7-4-3-5-8-15;/h3-10,14,16,20H,11-13,24H2,1-2H3;1H/t14?,16-,20+;/m0./s1. The van der Waals surface area contributed by atoms with Gasteiger partial charge in [-0.15, -0.1) is 12.4 Å². The van der Waals surface area contributed by atoms with Crippen LogP contribution in [0.15, 0.2) is 48.5 Å². The number of likely N-dealkylation sites (tertiary alicyclic amines) is 1. The maximum atomic E-state index is 14.0. The summed E-state index contributed by atoms with van der Waals surface area (Å²) >= 11 is 6.09. The molecule has 0 spiro atoms. The van der Waals surface area contributed by atoms with Crippen molar-refractivity contribution in [2.45, 2.75) is 31.5 Å². The van der Waals surface area contributed by atoms with E-state index in [0.29, 0.717) is 17.1 Å². The lowest BCUT2D eigenvalue weighted by molar-refractivity contribution is -0.135. The number of benzene rings is 2. The summed E-state index contributed by atoms with van der Waals surface area (Å²) in [6, 6.07) is 14.3. The predicted octanol–water partition coefficient (Wildman–Crippen LogP) is 3.67. The van der Waals surface area contributed by atoms with Crippen molar-refractivity contribution >= 4 is 29.9 Å². The van der Waals surface area contributed by atoms with Crippen LogP contribution in [0.2, 0.25) is 5.02 Å². The van der Waals surface area contributed by atoms with E-state index in [9.17, 15) is 9.18 Å². The molecule has 1 heterocycles. The summed E-state index contributed by atoms with van der Waals surface area (Å²) in [5.74, 6) is -0.273. The molecule has 2 aromatic rings. The molecular weight excluding hydrogens is 400 g/mol. The van der Waals surface area contributed by atoms with Crippen LogP contribution in [-0.4, -0.2) is 47.9 Å². The Bertz CT molecular complexity index is 785. The number of halogens is 3. The minimum atomic E-state index is -0.401. The summed E-state index contributed by atoms with van der Waals surface area (Å²) in [5, 5.41) is 0.328. The molecule has 1 amide bonds. The summed E-state index contributed by atoms with van der Waals surface area (Å²) in [6.07, 6.45) is 0. The van der Waals surface area contributed by atoms with E-state index in [2.05, 4.69) is 17.0 Å². The van der Waals surface area contributed by atoms with Gasteiger partial charge in [0, 0.05) is 49.2 Å². The van der Waals surface area contributed by atoms with E-state index in [-0.39, 0.29) is 42.9 Å². The Hall–Kier alpha value is -1.66. The molecule has 0 bridgehead atoms. The Labute approximate surface area is 176 Å². The highest BCUT2D eigenvalue weighted by atomic mass is 35.5. The van der Waals surface area contributed by atoms with Gasteiger partial charge in [-0.1, -0.05) is 48.0 Å². The van der Waals surface area contributed by atoms with Crippen molar-refractivity contribution in [3.05, 3.63) is 70.5 Å². The molecule has 1 fully saturated rings. The highest BCUT2D eigenvalue weighted by Crippen LogP contribution is 2.28. The topological polar surface area (TPSA) is 49.6 Å². The summed E-state index contributed by atoms with van der Waals surface area (Å²) in [7, 11) is 1.67. The summed E-state index contributed by atoms with van der Waals surface area (Å²) in [4.78, 5) is 16.5. The van der Waals surface area contributed by atoms with Crippen LogP contribution in [0.4, 0.5) is 4.39 Å². The summed E-state index contributed by atoms with van der Waals surface area (Å²) in [5.41, 5.74) is 7.87. The Kier molecular flexibility index (Phi) is 7.84. The largest absolute Gasteiger partial charge is 0.340 e. The number of nitrogens with two attached hydrogens (primary N) is 1. The molecule has 2 aromatic carbocycles. The van der Waals surface area contributed by atoms with E-state index in [1.54, 1.807) is 19.2 Å². The second-order valence-corrected chi connectivity index (χ2v) is 7.61. The van der Waals surface area contributed by atoms with Crippen molar-refractivity contribution in [2.75, 3.05) is 20.1 Å². The average Bonchev–Trinajstić information content (AvgIpc) is 3.06. The van der Waals surface area contributed by atoms with Crippen molar-refractivity contribution in [3.63, 3.8) is 0 Å². The third kappa shape index (κ3) is 4.84. The minimum absolute atomic E-state index is 0. The van der Waals surface area contributed by atoms with Gasteiger partial charge < -0.3 is 10.6 Å². The predicted molar refractivity (Wildman–Crippen MR) is 113 cm³/mol. The Balaban J connectivity index is 0.00000280. The van der Waals surface area contributed by atoms with Crippen LogP contribution < -0.4 is 5.73 Å². The Morgan fingerprint density at radius 3 is 2.57 bits per heavy atom. The molecule has 1 unspecified atom stereocenters. The molecule has 1 saturated heterocycles. The third-order valence-corrected chi connectivity index (χ3v) is 5.71. The molecular formula is C21H26Cl2FN3O. The fourth-order valence-electron chi connectivity index (χ4n) is 3.70. The van der Waals surface area contributed by atoms with Crippen molar-refractivity contribution < 1.29 is 9.18 Å². The van der Waals surface area contributed by atoms with Gasteiger partial charge in [-0.2, -0.15) is 0 Å². The van der Waals surface area contributed by atoms with Gasteiger partial charge >= 0.3 is 0 Å². The molecule has 2 N–H and O–H groups in total. The molecule has 3 atom stereocenters. The van der Waals surface area contributed by atoms with E-state index in [1.165, 1.54) is 16.5 Å². The van der Waals surface area contributed by atoms with Crippen LogP contribution in [0, 0.1) is 5.82 Å². The number of carbonyl (C=O) groups is 1. The lowest BCUT2D eigenvalue weighted by atomic mass is 9.95. The van der Waals surface area contributed by atoms with Gasteiger partial charge in [0.1, 0.15) is 5.82 Å². The maximum absolute atomic E-state index is 14.0. The Morgan fingerprint density at radius 2 is 1.93 bits per heavy atom. The fraction of sp³-hybridized carbons (Fsp3) is 0.381. The lowest BCUT2D eigenvalue weighted by Crippen LogP contribution is -2.45. The van der Waals surface area contributed by atoms with E-state index >= 15 is 0 Å². The summed E-state index contributed by atoms with van der Waals surface area (Å²) < 4.78 is 14.0. The molecule has 152 valence electrons. The summed E-state index contributed by atoms with van der Waals surface area (Å²) in [6.45, 7) is 3.39. The monoisotopic (exact) mass is 425 g/mol. The van der Waals surface area contributed by atoms with Crippen LogP contribution in [0.5, 0.6) is 0 Å². The van der Waals surface area contributed by atoms with E-state index < -0.39 is 5.82 Å². The van der Waals surface area contributed by atoms with Crippen molar-refractivity contribution in [1.82, 2.24) is 9.80 Å². The molecule has 0 aliphatic carbocycles. The SMILES string of the molecule is CC(C(=O)N(C)Cc1c(F)cccc1Cl)N1C[C@@H](N)[C@H](c2ccccc2)C1.Cl. The van der Waals surface area contributed by atoms with Crippen molar-refractivity contribution in [3.8, 4) is 0 Å². The first kappa shape index (κ1) is 22.6. The third-order valence-electron chi connectivity index (χ3n) is 5.36. The molecule has 1 aliphatic heterocycles. The van der Waals surface area contributed by atoms with Crippen LogP contribution in [0.3, 0.4) is 0 Å². The van der Waals surface area contributed by atoms with Gasteiger partial charge in [0.15, 0.2) is 0 Å². The van der Waals surface area contributed by atoms with E-state index in [4.69, 9.17) is 17.3 Å². The first-order valence-electron chi connectivity index (χ1n) is 9.11. The number of hydrogen-bond donors (Lipinski definition) is 1. The normalized spacial score (nSPS) is 20.5. The number of nitrogens with zero attached hydrogens (tertiary/aromatic N) is 2. The second-order valence-electron chi connectivity index (χ2n) is 7.21. The zero-order chi connectivity index (χ0) is 19.6. The number of likely N-dealkylation sites (N-methyl/N-ethyl adjacent to an activating group) is 1. The number of carbonyl (C=O) groups excluding carboxylic acids is 1. The van der Waals surface area contributed by atoms with Crippen LogP contribution in [0.1, 0.15) is 24.0 Å². The van der Waals surface area contributed by atoms with Gasteiger partial charge in [0.05, 0.1) is 6.04 Å². The zero-order valence-electron chi connectivity index (χ0n) is 16.0. The zero-order valence-corrected chi connectivity index (χ0v) is 17.6. The molecule has 4 nitrogen and oxygen atoms in total.